The molecule has 0 aliphatic heterocycles. The quantitative estimate of drug-likeness (QED) is 0.667. The maximum atomic E-state index is 10.7. The molecule has 0 rings (SSSR count). The Balaban J connectivity index is 0. The molecule has 0 N–H and O–H groups in total. The van der Waals surface area contributed by atoms with Gasteiger partial charge >= 0.3 is 7.82 Å². The van der Waals surface area contributed by atoms with Crippen LogP contribution in [-0.4, -0.2) is 27.1 Å². The molecule has 0 aliphatic carbocycles. The van der Waals surface area contributed by atoms with Crippen LogP contribution in [0, 0.1) is 0 Å². The van der Waals surface area contributed by atoms with Crippen molar-refractivity contribution < 1.29 is 22.9 Å². The number of hydrogen-bond acceptors (Lipinski definition) is 5. The minimum absolute atomic E-state index is 0.255. The fourth-order valence-corrected chi connectivity index (χ4v) is 0.671. The highest BCUT2D eigenvalue weighted by atomic mass is 31.2. The Morgan fingerprint density at radius 1 is 1.15 bits per heavy atom. The van der Waals surface area contributed by atoms with Crippen LogP contribution >= 0.6 is 7.82 Å². The van der Waals surface area contributed by atoms with Crippen LogP contribution in [0.2, 0.25) is 0 Å². The van der Waals surface area contributed by atoms with Crippen molar-refractivity contribution in [1.82, 2.24) is 0 Å². The summed E-state index contributed by atoms with van der Waals surface area (Å²) < 4.78 is 23.7. The Labute approximate surface area is 79.0 Å². The Bertz CT molecular complexity index is 161. The molecule has 0 atom stereocenters. The molecule has 0 radical (unpaired) electrons. The van der Waals surface area contributed by atoms with E-state index in [-0.39, 0.29) is 5.78 Å². The summed E-state index contributed by atoms with van der Waals surface area (Å²) in [5.41, 5.74) is 0. The molecule has 0 bridgehead atoms. The van der Waals surface area contributed by atoms with Crippen LogP contribution in [0.25, 0.3) is 0 Å². The molecule has 0 spiro atoms. The standard InChI is InChI=1S/C4H8O.C3H9O4P/c1-3-4(2)5;1-5-8(4,6-2)7-3/h3H2,1-2H3;1-3H3. The molecule has 0 saturated carbocycles. The molecular formula is C7H17O5P. The van der Waals surface area contributed by atoms with E-state index >= 15 is 0 Å². The van der Waals surface area contributed by atoms with Crippen molar-refractivity contribution in [3.63, 3.8) is 0 Å². The van der Waals surface area contributed by atoms with Gasteiger partial charge in [-0.2, -0.15) is 0 Å². The minimum atomic E-state index is -3.16. The molecule has 0 amide bonds. The fourth-order valence-electron chi connectivity index (χ4n) is 0.224. The van der Waals surface area contributed by atoms with Crippen LogP contribution < -0.4 is 0 Å². The minimum Gasteiger partial charge on any atom is -0.300 e. The van der Waals surface area contributed by atoms with E-state index in [0.29, 0.717) is 6.42 Å². The first-order chi connectivity index (χ1) is 5.95. The number of phosphoric acid groups is 1. The zero-order valence-electron chi connectivity index (χ0n) is 8.70. The summed E-state index contributed by atoms with van der Waals surface area (Å²) in [5.74, 6) is 0.255. The van der Waals surface area contributed by atoms with Crippen LogP contribution in [0.3, 0.4) is 0 Å². The van der Waals surface area contributed by atoms with Gasteiger partial charge in [0.05, 0.1) is 0 Å². The molecule has 6 heteroatoms. The summed E-state index contributed by atoms with van der Waals surface area (Å²) in [6, 6.07) is 0. The van der Waals surface area contributed by atoms with E-state index in [0.717, 1.165) is 0 Å². The van der Waals surface area contributed by atoms with E-state index < -0.39 is 7.82 Å². The highest BCUT2D eigenvalue weighted by Crippen LogP contribution is 2.46. The third kappa shape index (κ3) is 9.70. The molecule has 0 aromatic heterocycles. The van der Waals surface area contributed by atoms with E-state index in [2.05, 4.69) is 13.6 Å². The monoisotopic (exact) mass is 212 g/mol. The summed E-state index contributed by atoms with van der Waals surface area (Å²) in [6.07, 6.45) is 0.667. The highest BCUT2D eigenvalue weighted by molar-refractivity contribution is 7.48. The average Bonchev–Trinajstić information content (AvgIpc) is 2.17. The zero-order chi connectivity index (χ0) is 10.9. The van der Waals surface area contributed by atoms with Crippen molar-refractivity contribution in [2.75, 3.05) is 21.3 Å². The summed E-state index contributed by atoms with van der Waals surface area (Å²) in [5, 5.41) is 0. The van der Waals surface area contributed by atoms with Crippen molar-refractivity contribution in [3.8, 4) is 0 Å². The Morgan fingerprint density at radius 3 is 1.38 bits per heavy atom. The van der Waals surface area contributed by atoms with E-state index in [1.54, 1.807) is 6.92 Å². The second-order valence-corrected chi connectivity index (χ2v) is 4.04. The number of carbonyl (C=O) groups excluding carboxylic acids is 1. The lowest BCUT2D eigenvalue weighted by molar-refractivity contribution is -0.116. The number of rotatable bonds is 4. The molecule has 0 unspecified atom stereocenters. The number of Topliss-reactive ketones (excluding diaryl/α,β-unsaturated/α-hetero) is 1. The maximum absolute atomic E-state index is 10.7. The number of carbonyl (C=O) groups is 1. The lowest BCUT2D eigenvalue weighted by Crippen LogP contribution is -1.88. The van der Waals surface area contributed by atoms with Crippen molar-refractivity contribution in [1.29, 1.82) is 0 Å². The van der Waals surface area contributed by atoms with Crippen molar-refractivity contribution in [2.24, 2.45) is 0 Å². The van der Waals surface area contributed by atoms with E-state index in [1.807, 2.05) is 6.92 Å². The van der Waals surface area contributed by atoms with E-state index in [9.17, 15) is 9.36 Å². The van der Waals surface area contributed by atoms with Gasteiger partial charge in [-0.1, -0.05) is 6.92 Å². The molecule has 0 saturated heterocycles. The molecule has 0 heterocycles. The lowest BCUT2D eigenvalue weighted by Gasteiger charge is -2.08. The van der Waals surface area contributed by atoms with Gasteiger partial charge in [0.1, 0.15) is 5.78 Å². The summed E-state index contributed by atoms with van der Waals surface area (Å²) in [4.78, 5) is 9.81. The number of hydrogen-bond donors (Lipinski definition) is 0. The Hall–Kier alpha value is -0.220. The molecule has 5 nitrogen and oxygen atoms in total. The van der Waals surface area contributed by atoms with Gasteiger partial charge in [0.25, 0.3) is 0 Å². The first-order valence-electron chi connectivity index (χ1n) is 3.72. The summed E-state index contributed by atoms with van der Waals surface area (Å²) >= 11 is 0. The zero-order valence-corrected chi connectivity index (χ0v) is 9.59. The van der Waals surface area contributed by atoms with Gasteiger partial charge in [-0.25, -0.2) is 4.57 Å². The van der Waals surface area contributed by atoms with Gasteiger partial charge in [-0.15, -0.1) is 0 Å². The third-order valence-electron chi connectivity index (χ3n) is 1.17. The Morgan fingerprint density at radius 2 is 1.38 bits per heavy atom. The van der Waals surface area contributed by atoms with Crippen LogP contribution in [-0.2, 0) is 22.9 Å². The third-order valence-corrected chi connectivity index (χ3v) is 2.51. The van der Waals surface area contributed by atoms with Gasteiger partial charge in [-0.3, -0.25) is 13.6 Å². The van der Waals surface area contributed by atoms with Crippen LogP contribution in [0.4, 0.5) is 0 Å². The largest absolute Gasteiger partial charge is 0.473 e. The molecular weight excluding hydrogens is 195 g/mol. The summed E-state index contributed by atoms with van der Waals surface area (Å²) in [6.45, 7) is 3.43. The van der Waals surface area contributed by atoms with Gasteiger partial charge in [0, 0.05) is 27.8 Å². The molecule has 13 heavy (non-hydrogen) atoms. The first-order valence-corrected chi connectivity index (χ1v) is 5.18. The van der Waals surface area contributed by atoms with Crippen molar-refractivity contribution >= 4 is 13.6 Å². The first kappa shape index (κ1) is 15.3. The molecule has 0 aromatic carbocycles. The second kappa shape index (κ2) is 8.38. The normalized spacial score (nSPS) is 10.2. The molecule has 0 aliphatic rings. The predicted molar refractivity (Wildman–Crippen MR) is 49.6 cm³/mol. The SMILES string of the molecule is CCC(C)=O.COP(=O)(OC)OC. The van der Waals surface area contributed by atoms with E-state index in [4.69, 9.17) is 0 Å². The van der Waals surface area contributed by atoms with E-state index in [1.165, 1.54) is 21.3 Å². The molecule has 0 aromatic rings. The number of ketones is 1. The van der Waals surface area contributed by atoms with Crippen molar-refractivity contribution in [3.05, 3.63) is 0 Å². The average molecular weight is 212 g/mol. The second-order valence-electron chi connectivity index (χ2n) is 2.05. The van der Waals surface area contributed by atoms with Crippen LogP contribution in [0.15, 0.2) is 0 Å². The van der Waals surface area contributed by atoms with Gasteiger partial charge in [-0.05, 0) is 6.92 Å². The number of phosphoric ester groups is 1. The smallest absolute Gasteiger partial charge is 0.300 e. The predicted octanol–water partition coefficient (Wildman–Crippen LogP) is 2.02. The lowest BCUT2D eigenvalue weighted by atomic mass is 10.4. The highest BCUT2D eigenvalue weighted by Gasteiger charge is 2.18. The van der Waals surface area contributed by atoms with Gasteiger partial charge in [0.2, 0.25) is 0 Å². The molecule has 0 fully saturated rings. The van der Waals surface area contributed by atoms with Crippen LogP contribution in [0.1, 0.15) is 20.3 Å². The molecule has 80 valence electrons. The Kier molecular flexibility index (Phi) is 9.84. The maximum Gasteiger partial charge on any atom is 0.473 e. The van der Waals surface area contributed by atoms with Gasteiger partial charge in [0.15, 0.2) is 0 Å². The van der Waals surface area contributed by atoms with Crippen LogP contribution in [0.5, 0.6) is 0 Å². The van der Waals surface area contributed by atoms with Crippen molar-refractivity contribution in [2.45, 2.75) is 20.3 Å². The fraction of sp³-hybridized carbons (Fsp3) is 0.857. The summed E-state index contributed by atoms with van der Waals surface area (Å²) in [7, 11) is 0.611. The van der Waals surface area contributed by atoms with Gasteiger partial charge < -0.3 is 4.79 Å². The topological polar surface area (TPSA) is 61.8 Å².